The summed E-state index contributed by atoms with van der Waals surface area (Å²) in [5.41, 5.74) is 0.410. The Bertz CT molecular complexity index is 1410. The number of hydrogen-bond acceptors (Lipinski definition) is 7. The molecule has 0 saturated heterocycles. The van der Waals surface area contributed by atoms with Crippen LogP contribution < -0.4 is 0 Å². The molecule has 0 aliphatic carbocycles. The third-order valence-electron chi connectivity index (χ3n) is 4.31. The Morgan fingerprint density at radius 3 is 2.57 bits per heavy atom. The van der Waals surface area contributed by atoms with E-state index in [0.717, 1.165) is 14.8 Å². The first-order valence-electron chi connectivity index (χ1n) is 8.58. The number of carbonyl (C=O) groups excluding carboxylic acids is 1. The van der Waals surface area contributed by atoms with E-state index in [2.05, 4.69) is 15.4 Å². The van der Waals surface area contributed by atoms with Gasteiger partial charge in [-0.15, -0.1) is 10.2 Å². The second-order valence-electron chi connectivity index (χ2n) is 6.31. The first kappa shape index (κ1) is 19.8. The van der Waals surface area contributed by atoms with Gasteiger partial charge < -0.3 is 5.11 Å². The lowest BCUT2D eigenvalue weighted by Crippen LogP contribution is -2.11. The quantitative estimate of drug-likeness (QED) is 0.286. The van der Waals surface area contributed by atoms with Gasteiger partial charge in [0.25, 0.3) is 10.0 Å². The van der Waals surface area contributed by atoms with E-state index in [4.69, 9.17) is 11.6 Å². The van der Waals surface area contributed by atoms with Crippen molar-refractivity contribution in [1.82, 2.24) is 24.2 Å². The van der Waals surface area contributed by atoms with E-state index in [1.165, 1.54) is 37.5 Å². The highest BCUT2D eigenvalue weighted by molar-refractivity contribution is 7.90. The Morgan fingerprint density at radius 1 is 1.17 bits per heavy atom. The number of halogens is 1. The summed E-state index contributed by atoms with van der Waals surface area (Å²) in [6, 6.07) is 12.4. The molecule has 0 atom stereocenters. The molecule has 1 N–H and O–H groups in total. The van der Waals surface area contributed by atoms with Crippen molar-refractivity contribution in [2.45, 2.75) is 4.90 Å². The van der Waals surface area contributed by atoms with Gasteiger partial charge in [0.1, 0.15) is 5.76 Å². The highest BCUT2D eigenvalue weighted by Gasteiger charge is 2.23. The summed E-state index contributed by atoms with van der Waals surface area (Å²) in [7, 11) is -2.46. The van der Waals surface area contributed by atoms with Crippen LogP contribution in [0.1, 0.15) is 16.2 Å². The molecule has 2 aromatic heterocycles. The van der Waals surface area contributed by atoms with Crippen LogP contribution in [-0.4, -0.2) is 43.5 Å². The van der Waals surface area contributed by atoms with Crippen molar-refractivity contribution in [3.05, 3.63) is 77.2 Å². The van der Waals surface area contributed by atoms with Crippen molar-refractivity contribution in [2.75, 3.05) is 0 Å². The molecule has 152 valence electrons. The van der Waals surface area contributed by atoms with E-state index in [9.17, 15) is 18.3 Å². The maximum atomic E-state index is 13.1. The molecule has 0 amide bonds. The van der Waals surface area contributed by atoms with Crippen molar-refractivity contribution >= 4 is 44.1 Å². The molecule has 0 bridgehead atoms. The molecule has 11 heteroatoms. The Kier molecular flexibility index (Phi) is 4.88. The van der Waals surface area contributed by atoms with Crippen molar-refractivity contribution in [3.8, 4) is 0 Å². The number of benzene rings is 2. The van der Waals surface area contributed by atoms with E-state index in [0.29, 0.717) is 15.9 Å². The van der Waals surface area contributed by atoms with E-state index in [1.54, 1.807) is 24.3 Å². The van der Waals surface area contributed by atoms with Crippen LogP contribution in [0.25, 0.3) is 16.7 Å². The van der Waals surface area contributed by atoms with Crippen molar-refractivity contribution in [2.24, 2.45) is 7.05 Å². The standard InChI is InChI=1S/C19H14ClN5O4S/c1-24-22-19(21-23-24)18(27)10-17(26)15-11-25(16-8-7-12(20)9-14(15)16)30(28,29)13-5-3-2-4-6-13/h2-11,26H,1H3. The molecule has 0 radical (unpaired) electrons. The van der Waals surface area contributed by atoms with E-state index in [-0.39, 0.29) is 16.3 Å². The molecule has 0 unspecified atom stereocenters. The molecular weight excluding hydrogens is 430 g/mol. The van der Waals surface area contributed by atoms with Gasteiger partial charge in [-0.05, 0) is 35.5 Å². The van der Waals surface area contributed by atoms with Gasteiger partial charge in [0.2, 0.25) is 11.6 Å². The van der Waals surface area contributed by atoms with Crippen LogP contribution in [0.15, 0.2) is 65.7 Å². The first-order valence-corrected chi connectivity index (χ1v) is 10.4. The van der Waals surface area contributed by atoms with Crippen molar-refractivity contribution < 1.29 is 18.3 Å². The molecule has 0 aliphatic rings. The molecule has 0 saturated carbocycles. The summed E-state index contributed by atoms with van der Waals surface area (Å²) in [4.78, 5) is 13.5. The fraction of sp³-hybridized carbons (Fsp3) is 0.0526. The normalized spacial score (nSPS) is 12.4. The summed E-state index contributed by atoms with van der Waals surface area (Å²) in [6.07, 6.45) is 2.15. The Balaban J connectivity index is 1.88. The lowest BCUT2D eigenvalue weighted by atomic mass is 10.1. The molecule has 2 aromatic carbocycles. The zero-order chi connectivity index (χ0) is 21.5. The van der Waals surface area contributed by atoms with Gasteiger partial charge in [-0.1, -0.05) is 29.8 Å². The predicted molar refractivity (Wildman–Crippen MR) is 110 cm³/mol. The Labute approximate surface area is 175 Å². The number of aliphatic hydroxyl groups excluding tert-OH is 1. The van der Waals surface area contributed by atoms with Gasteiger partial charge in [0.05, 0.1) is 17.5 Å². The monoisotopic (exact) mass is 443 g/mol. The number of allylic oxidation sites excluding steroid dienone is 1. The number of ketones is 1. The maximum Gasteiger partial charge on any atom is 0.268 e. The summed E-state index contributed by atoms with van der Waals surface area (Å²) in [5, 5.41) is 22.3. The SMILES string of the molecule is Cn1nnc(C(=O)C=C(O)c2cn(S(=O)(=O)c3ccccc3)c3ccc(Cl)cc23)n1. The van der Waals surface area contributed by atoms with Gasteiger partial charge in [0.15, 0.2) is 0 Å². The third-order valence-corrected chi connectivity index (χ3v) is 6.23. The number of aliphatic hydroxyl groups is 1. The first-order chi connectivity index (χ1) is 14.3. The number of nitrogens with zero attached hydrogens (tertiary/aromatic N) is 5. The molecule has 4 aromatic rings. The lowest BCUT2D eigenvalue weighted by Gasteiger charge is -2.07. The molecule has 0 fully saturated rings. The number of rotatable bonds is 5. The Hall–Kier alpha value is -3.50. The molecular formula is C19H14ClN5O4S. The fourth-order valence-electron chi connectivity index (χ4n) is 2.93. The molecule has 30 heavy (non-hydrogen) atoms. The second kappa shape index (κ2) is 7.39. The topological polar surface area (TPSA) is 120 Å². The average Bonchev–Trinajstić information content (AvgIpc) is 3.32. The minimum Gasteiger partial charge on any atom is -0.507 e. The predicted octanol–water partition coefficient (Wildman–Crippen LogP) is 2.84. The van der Waals surface area contributed by atoms with Crippen LogP contribution in [0.3, 0.4) is 0 Å². The molecule has 4 rings (SSSR count). The van der Waals surface area contributed by atoms with Gasteiger partial charge in [-0.3, -0.25) is 4.79 Å². The highest BCUT2D eigenvalue weighted by atomic mass is 35.5. The van der Waals surface area contributed by atoms with E-state index >= 15 is 0 Å². The zero-order valence-electron chi connectivity index (χ0n) is 15.5. The third kappa shape index (κ3) is 3.46. The number of tetrazole rings is 1. The fourth-order valence-corrected chi connectivity index (χ4v) is 4.49. The molecule has 0 aliphatic heterocycles. The zero-order valence-corrected chi connectivity index (χ0v) is 17.0. The number of aryl methyl sites for hydroxylation is 1. The van der Waals surface area contributed by atoms with Crippen LogP contribution >= 0.6 is 11.6 Å². The summed E-state index contributed by atoms with van der Waals surface area (Å²) >= 11 is 6.08. The van der Waals surface area contributed by atoms with Gasteiger partial charge >= 0.3 is 0 Å². The smallest absolute Gasteiger partial charge is 0.268 e. The molecule has 9 nitrogen and oxygen atoms in total. The number of fused-ring (bicyclic) bond motifs is 1. The summed E-state index contributed by atoms with van der Waals surface area (Å²) in [6.45, 7) is 0. The van der Waals surface area contributed by atoms with Crippen LogP contribution in [0.5, 0.6) is 0 Å². The molecule has 0 spiro atoms. The van der Waals surface area contributed by atoms with Crippen LogP contribution in [0.4, 0.5) is 0 Å². The number of aromatic nitrogens is 5. The minimum absolute atomic E-state index is 0.0757. The van der Waals surface area contributed by atoms with Gasteiger partial charge in [0, 0.05) is 28.2 Å². The minimum atomic E-state index is -3.96. The number of carbonyl (C=O) groups is 1. The van der Waals surface area contributed by atoms with E-state index in [1.807, 2.05) is 0 Å². The maximum absolute atomic E-state index is 13.1. The van der Waals surface area contributed by atoms with Crippen LogP contribution in [0.2, 0.25) is 5.02 Å². The largest absolute Gasteiger partial charge is 0.507 e. The van der Waals surface area contributed by atoms with Crippen LogP contribution in [0, 0.1) is 0 Å². The van der Waals surface area contributed by atoms with Crippen LogP contribution in [-0.2, 0) is 17.1 Å². The van der Waals surface area contributed by atoms with Gasteiger partial charge in [-0.2, -0.15) is 4.80 Å². The van der Waals surface area contributed by atoms with Crippen molar-refractivity contribution in [3.63, 3.8) is 0 Å². The number of hydrogen-bond donors (Lipinski definition) is 1. The molecule has 2 heterocycles. The summed E-state index contributed by atoms with van der Waals surface area (Å²) < 4.78 is 27.3. The summed E-state index contributed by atoms with van der Waals surface area (Å²) in [5.74, 6) is -1.35. The van der Waals surface area contributed by atoms with E-state index < -0.39 is 21.6 Å². The highest BCUT2D eigenvalue weighted by Crippen LogP contribution is 2.31. The average molecular weight is 444 g/mol. The van der Waals surface area contributed by atoms with Crippen molar-refractivity contribution in [1.29, 1.82) is 0 Å². The van der Waals surface area contributed by atoms with Gasteiger partial charge in [-0.25, -0.2) is 12.4 Å². The second-order valence-corrected chi connectivity index (χ2v) is 8.57. The lowest BCUT2D eigenvalue weighted by molar-refractivity contribution is 0.103. The Morgan fingerprint density at radius 2 is 1.90 bits per heavy atom.